The van der Waals surface area contributed by atoms with Crippen molar-refractivity contribution in [3.05, 3.63) is 90.2 Å². The van der Waals surface area contributed by atoms with Gasteiger partial charge < -0.3 is 4.74 Å². The lowest BCUT2D eigenvalue weighted by molar-refractivity contribution is -0.135. The van der Waals surface area contributed by atoms with Gasteiger partial charge in [-0.3, -0.25) is 4.79 Å². The number of para-hydroxylation sites is 1. The van der Waals surface area contributed by atoms with E-state index in [1.807, 2.05) is 36.4 Å². The summed E-state index contributed by atoms with van der Waals surface area (Å²) in [5.41, 5.74) is 1.91. The number of esters is 1. The van der Waals surface area contributed by atoms with Gasteiger partial charge in [-0.15, -0.1) is 0 Å². The smallest absolute Gasteiger partial charge is 0.318 e. The minimum atomic E-state index is -0.551. The number of hydrogen-bond acceptors (Lipinski definition) is 2. The predicted octanol–water partition coefficient (Wildman–Crippen LogP) is 5.20. The largest absolute Gasteiger partial charge is 0.426 e. The van der Waals surface area contributed by atoms with Crippen molar-refractivity contribution in [2.75, 3.05) is 0 Å². The zero-order valence-corrected chi connectivity index (χ0v) is 13.3. The van der Waals surface area contributed by atoms with Gasteiger partial charge >= 0.3 is 5.97 Å². The molecule has 0 aliphatic carbocycles. The fourth-order valence-corrected chi connectivity index (χ4v) is 2.48. The van der Waals surface area contributed by atoms with Gasteiger partial charge in [0.15, 0.2) is 0 Å². The molecule has 0 radical (unpaired) electrons. The van der Waals surface area contributed by atoms with Crippen LogP contribution in [-0.4, -0.2) is 5.97 Å². The van der Waals surface area contributed by atoms with Crippen molar-refractivity contribution >= 4 is 5.97 Å². The zero-order chi connectivity index (χ0) is 16.9. The van der Waals surface area contributed by atoms with Crippen molar-refractivity contribution in [3.63, 3.8) is 0 Å². The first-order valence-electron chi connectivity index (χ1n) is 7.77. The molecule has 24 heavy (non-hydrogen) atoms. The number of ether oxygens (including phenoxy) is 1. The fraction of sp³-hybridized carbons (Fsp3) is 0.0952. The van der Waals surface area contributed by atoms with Gasteiger partial charge in [0, 0.05) is 5.56 Å². The van der Waals surface area contributed by atoms with Crippen LogP contribution >= 0.6 is 0 Å². The maximum Gasteiger partial charge on any atom is 0.318 e. The van der Waals surface area contributed by atoms with Crippen molar-refractivity contribution < 1.29 is 13.9 Å². The third-order valence-electron chi connectivity index (χ3n) is 3.89. The van der Waals surface area contributed by atoms with Crippen LogP contribution < -0.4 is 4.74 Å². The van der Waals surface area contributed by atoms with Gasteiger partial charge in [-0.05, 0) is 36.2 Å². The Morgan fingerprint density at radius 2 is 1.54 bits per heavy atom. The molecule has 0 bridgehead atoms. The maximum absolute atomic E-state index is 14.4. The van der Waals surface area contributed by atoms with E-state index >= 15 is 0 Å². The van der Waals surface area contributed by atoms with Crippen molar-refractivity contribution in [1.29, 1.82) is 0 Å². The zero-order valence-electron chi connectivity index (χ0n) is 13.3. The Kier molecular flexibility index (Phi) is 4.71. The number of carbonyl (C=O) groups excluding carboxylic acids is 1. The molecule has 0 heterocycles. The summed E-state index contributed by atoms with van der Waals surface area (Å²) in [5.74, 6) is -0.827. The molecule has 3 aromatic rings. The van der Waals surface area contributed by atoms with E-state index in [0.717, 1.165) is 5.56 Å². The van der Waals surface area contributed by atoms with E-state index in [-0.39, 0.29) is 5.82 Å². The molecule has 3 rings (SSSR count). The summed E-state index contributed by atoms with van der Waals surface area (Å²) in [4.78, 5) is 12.2. The minimum absolute atomic E-state index is 0.349. The molecule has 0 fully saturated rings. The maximum atomic E-state index is 14.4. The molecule has 0 aromatic heterocycles. The lowest BCUT2D eigenvalue weighted by atomic mass is 9.97. The normalized spacial score (nSPS) is 11.8. The first-order chi connectivity index (χ1) is 11.6. The Morgan fingerprint density at radius 3 is 2.17 bits per heavy atom. The second-order valence-electron chi connectivity index (χ2n) is 5.56. The Morgan fingerprint density at radius 1 is 0.917 bits per heavy atom. The molecular weight excluding hydrogens is 303 g/mol. The third kappa shape index (κ3) is 3.51. The summed E-state index contributed by atoms with van der Waals surface area (Å²) in [5, 5.41) is 0. The van der Waals surface area contributed by atoms with Crippen LogP contribution in [0.2, 0.25) is 0 Å². The first kappa shape index (κ1) is 15.9. The van der Waals surface area contributed by atoms with Crippen LogP contribution in [0, 0.1) is 5.82 Å². The topological polar surface area (TPSA) is 26.3 Å². The van der Waals surface area contributed by atoms with Crippen molar-refractivity contribution in [1.82, 2.24) is 0 Å². The number of carbonyl (C=O) groups is 1. The van der Waals surface area contributed by atoms with Crippen LogP contribution in [0.4, 0.5) is 4.39 Å². The summed E-state index contributed by atoms with van der Waals surface area (Å²) in [6, 6.07) is 23.0. The molecule has 0 saturated carbocycles. The second-order valence-corrected chi connectivity index (χ2v) is 5.56. The van der Waals surface area contributed by atoms with Crippen molar-refractivity contribution in [2.45, 2.75) is 12.8 Å². The highest BCUT2D eigenvalue weighted by atomic mass is 19.1. The number of hydrogen-bond donors (Lipinski definition) is 0. The van der Waals surface area contributed by atoms with Crippen LogP contribution in [0.3, 0.4) is 0 Å². The average Bonchev–Trinajstić information content (AvgIpc) is 2.62. The molecule has 120 valence electrons. The van der Waals surface area contributed by atoms with Crippen LogP contribution in [0.15, 0.2) is 78.9 Å². The van der Waals surface area contributed by atoms with Gasteiger partial charge in [0.25, 0.3) is 0 Å². The molecule has 3 heteroatoms. The van der Waals surface area contributed by atoms with Crippen molar-refractivity contribution in [3.8, 4) is 16.9 Å². The number of rotatable bonds is 4. The Bertz CT molecular complexity index is 829. The molecule has 0 amide bonds. The Labute approximate surface area is 140 Å². The van der Waals surface area contributed by atoms with E-state index < -0.39 is 11.9 Å². The first-order valence-corrected chi connectivity index (χ1v) is 7.77. The van der Waals surface area contributed by atoms with Gasteiger partial charge in [-0.25, -0.2) is 4.39 Å². The molecule has 3 aromatic carbocycles. The summed E-state index contributed by atoms with van der Waals surface area (Å²) in [6.45, 7) is 1.71. The molecule has 0 spiro atoms. The van der Waals surface area contributed by atoms with E-state index in [9.17, 15) is 9.18 Å². The van der Waals surface area contributed by atoms with Crippen LogP contribution in [0.25, 0.3) is 11.1 Å². The lowest BCUT2D eigenvalue weighted by Crippen LogP contribution is -2.16. The monoisotopic (exact) mass is 320 g/mol. The van der Waals surface area contributed by atoms with Crippen LogP contribution in [-0.2, 0) is 4.79 Å². The van der Waals surface area contributed by atoms with E-state index in [1.54, 1.807) is 43.3 Å². The summed E-state index contributed by atoms with van der Waals surface area (Å²) in [7, 11) is 0. The molecule has 1 atom stereocenters. The predicted molar refractivity (Wildman–Crippen MR) is 92.3 cm³/mol. The number of benzene rings is 3. The minimum Gasteiger partial charge on any atom is -0.426 e. The van der Waals surface area contributed by atoms with Gasteiger partial charge in [0.2, 0.25) is 0 Å². The molecule has 0 aliphatic rings. The van der Waals surface area contributed by atoms with Crippen LogP contribution in [0.1, 0.15) is 18.4 Å². The summed E-state index contributed by atoms with van der Waals surface area (Å²) >= 11 is 0. The quantitative estimate of drug-likeness (QED) is 0.488. The highest BCUT2D eigenvalue weighted by molar-refractivity contribution is 5.80. The SMILES string of the molecule is C[C@@H](C(=O)Oc1ccccc1)c1ccc(-c2ccccc2)c(F)c1. The molecule has 0 N–H and O–H groups in total. The van der Waals surface area contributed by atoms with Gasteiger partial charge in [-0.2, -0.15) is 0 Å². The molecular formula is C21H17FO2. The molecule has 2 nitrogen and oxygen atoms in total. The Hall–Kier alpha value is -2.94. The summed E-state index contributed by atoms with van der Waals surface area (Å²) in [6.07, 6.45) is 0. The fourth-order valence-electron chi connectivity index (χ4n) is 2.48. The van der Waals surface area contributed by atoms with Gasteiger partial charge in [0.1, 0.15) is 11.6 Å². The second kappa shape index (κ2) is 7.09. The average molecular weight is 320 g/mol. The standard InChI is InChI=1S/C21H17FO2/c1-15(21(23)24-18-10-6-3-7-11-18)17-12-13-19(20(22)14-17)16-8-4-2-5-9-16/h2-15H,1H3/t15-/m1/s1. The molecule has 0 saturated heterocycles. The third-order valence-corrected chi connectivity index (χ3v) is 3.89. The molecule has 0 unspecified atom stereocenters. The lowest BCUT2D eigenvalue weighted by Gasteiger charge is -2.13. The highest BCUT2D eigenvalue weighted by Crippen LogP contribution is 2.27. The number of halogens is 1. The van der Waals surface area contributed by atoms with Crippen molar-refractivity contribution in [2.24, 2.45) is 0 Å². The van der Waals surface area contributed by atoms with E-state index in [1.165, 1.54) is 6.07 Å². The van der Waals surface area contributed by atoms with E-state index in [4.69, 9.17) is 4.74 Å². The van der Waals surface area contributed by atoms with Gasteiger partial charge in [-0.1, -0.05) is 60.7 Å². The van der Waals surface area contributed by atoms with Gasteiger partial charge in [0.05, 0.1) is 5.92 Å². The van der Waals surface area contributed by atoms with Crippen LogP contribution in [0.5, 0.6) is 5.75 Å². The van der Waals surface area contributed by atoms with E-state index in [2.05, 4.69) is 0 Å². The highest BCUT2D eigenvalue weighted by Gasteiger charge is 2.19. The summed E-state index contributed by atoms with van der Waals surface area (Å²) < 4.78 is 19.8. The molecule has 0 aliphatic heterocycles. The van der Waals surface area contributed by atoms with E-state index in [0.29, 0.717) is 16.9 Å². The Balaban J connectivity index is 1.79.